The number of carbonyl (C=O) groups excluding carboxylic acids is 1. The Morgan fingerprint density at radius 2 is 2.03 bits per heavy atom. The number of piperidine rings is 1. The van der Waals surface area contributed by atoms with Gasteiger partial charge in [-0.3, -0.25) is 14.8 Å². The van der Waals surface area contributed by atoms with Crippen molar-refractivity contribution in [2.24, 2.45) is 5.92 Å². The number of anilines is 1. The molecule has 10 nitrogen and oxygen atoms in total. The van der Waals surface area contributed by atoms with Crippen LogP contribution in [0.3, 0.4) is 0 Å². The fourth-order valence-corrected chi connectivity index (χ4v) is 5.26. The van der Waals surface area contributed by atoms with Crippen LogP contribution in [0.1, 0.15) is 18.1 Å². The summed E-state index contributed by atoms with van der Waals surface area (Å²) < 4.78 is 37.0. The first-order valence-electron chi connectivity index (χ1n) is 12.3. The largest absolute Gasteiger partial charge is 0.486 e. The van der Waals surface area contributed by atoms with E-state index in [-0.39, 0.29) is 29.6 Å². The maximum atomic E-state index is 14.8. The maximum Gasteiger partial charge on any atom is 0.414 e. The van der Waals surface area contributed by atoms with Crippen LogP contribution in [0.5, 0.6) is 17.4 Å². The summed E-state index contributed by atoms with van der Waals surface area (Å²) in [5, 5.41) is 11.0. The lowest BCUT2D eigenvalue weighted by atomic mass is 9.91. The number of ether oxygens (including phenoxy) is 4. The molecule has 0 saturated carbocycles. The van der Waals surface area contributed by atoms with Crippen molar-refractivity contribution in [1.82, 2.24) is 14.9 Å². The summed E-state index contributed by atoms with van der Waals surface area (Å²) in [6, 6.07) is 8.76. The zero-order valence-corrected chi connectivity index (χ0v) is 20.3. The van der Waals surface area contributed by atoms with Gasteiger partial charge in [0.05, 0.1) is 30.6 Å². The highest BCUT2D eigenvalue weighted by atomic mass is 19.1. The minimum Gasteiger partial charge on any atom is -0.486 e. The van der Waals surface area contributed by atoms with E-state index in [1.807, 2.05) is 11.0 Å². The van der Waals surface area contributed by atoms with Crippen LogP contribution in [-0.2, 0) is 4.74 Å². The molecule has 5 heterocycles. The molecule has 2 aromatic heterocycles. The summed E-state index contributed by atoms with van der Waals surface area (Å²) in [7, 11) is 1.47. The van der Waals surface area contributed by atoms with Crippen LogP contribution in [0.2, 0.25) is 0 Å². The minimum atomic E-state index is -1.14. The molecule has 0 radical (unpaired) electrons. The van der Waals surface area contributed by atoms with Gasteiger partial charge >= 0.3 is 6.09 Å². The molecule has 3 aromatic rings. The van der Waals surface area contributed by atoms with Gasteiger partial charge < -0.3 is 24.1 Å². The zero-order valence-electron chi connectivity index (χ0n) is 20.3. The SMILES string of the molecule is COc1ccc2ncc(F)c([C@@H](O)CN3CC[C@@H]4CN(c5ccc6c(c5)OCCO6)C(=O)O[C@H]4C3)c2n1. The average molecular weight is 511 g/mol. The van der Waals surface area contributed by atoms with Gasteiger partial charge in [-0.25, -0.2) is 14.2 Å². The monoisotopic (exact) mass is 510 g/mol. The second kappa shape index (κ2) is 9.64. The van der Waals surface area contributed by atoms with Crippen molar-refractivity contribution in [1.29, 1.82) is 0 Å². The Labute approximate surface area is 212 Å². The number of fused-ring (bicyclic) bond motifs is 3. The quantitative estimate of drug-likeness (QED) is 0.555. The van der Waals surface area contributed by atoms with Crippen LogP contribution in [0.15, 0.2) is 36.5 Å². The molecule has 2 fully saturated rings. The number of hydrogen-bond donors (Lipinski definition) is 1. The fourth-order valence-electron chi connectivity index (χ4n) is 5.26. The number of likely N-dealkylation sites (tertiary alicyclic amines) is 1. The van der Waals surface area contributed by atoms with Gasteiger partial charge in [0.2, 0.25) is 5.88 Å². The van der Waals surface area contributed by atoms with Crippen molar-refractivity contribution < 1.29 is 33.2 Å². The first-order chi connectivity index (χ1) is 18.0. The molecule has 2 saturated heterocycles. The topological polar surface area (TPSA) is 106 Å². The van der Waals surface area contributed by atoms with Gasteiger partial charge in [-0.2, -0.15) is 0 Å². The highest BCUT2D eigenvalue weighted by molar-refractivity contribution is 5.89. The van der Waals surface area contributed by atoms with Gasteiger partial charge in [-0.05, 0) is 31.2 Å². The van der Waals surface area contributed by atoms with E-state index in [4.69, 9.17) is 18.9 Å². The zero-order chi connectivity index (χ0) is 25.5. The van der Waals surface area contributed by atoms with Gasteiger partial charge in [0.25, 0.3) is 0 Å². The van der Waals surface area contributed by atoms with Crippen LogP contribution in [0.25, 0.3) is 11.0 Å². The van der Waals surface area contributed by atoms with Crippen molar-refractivity contribution in [2.45, 2.75) is 18.6 Å². The molecule has 3 atom stereocenters. The highest BCUT2D eigenvalue weighted by Gasteiger charge is 2.40. The average Bonchev–Trinajstić information content (AvgIpc) is 2.91. The predicted molar refractivity (Wildman–Crippen MR) is 131 cm³/mol. The molecule has 3 aliphatic heterocycles. The fraction of sp³-hybridized carbons (Fsp3) is 0.423. The number of rotatable bonds is 5. The summed E-state index contributed by atoms with van der Waals surface area (Å²) in [4.78, 5) is 24.9. The second-order valence-corrected chi connectivity index (χ2v) is 9.43. The van der Waals surface area contributed by atoms with Gasteiger partial charge in [0, 0.05) is 43.2 Å². The number of pyridine rings is 2. The first-order valence-corrected chi connectivity index (χ1v) is 12.3. The van der Waals surface area contributed by atoms with Gasteiger partial charge in [0.1, 0.15) is 30.7 Å². The van der Waals surface area contributed by atoms with Crippen LogP contribution in [0.4, 0.5) is 14.9 Å². The summed E-state index contributed by atoms with van der Waals surface area (Å²) in [5.41, 5.74) is 1.52. The molecule has 37 heavy (non-hydrogen) atoms. The standard InChI is InChI=1S/C26H27FN4O6/c1-34-23-5-3-18-25(29-23)24(17(27)11-28-18)19(32)13-30-7-6-15-12-31(26(33)37-22(15)14-30)16-2-4-20-21(10-16)36-9-8-35-20/h2-5,10-11,15,19,22,32H,6-9,12-14H2,1H3/t15-,19+,22+/m1/s1. The summed E-state index contributed by atoms with van der Waals surface area (Å²) >= 11 is 0. The van der Waals surface area contributed by atoms with Crippen molar-refractivity contribution in [3.05, 3.63) is 47.9 Å². The molecule has 6 rings (SSSR count). The third-order valence-electron chi connectivity index (χ3n) is 7.16. The number of nitrogens with zero attached hydrogens (tertiary/aromatic N) is 4. The van der Waals surface area contributed by atoms with Gasteiger partial charge in [0.15, 0.2) is 11.5 Å². The summed E-state index contributed by atoms with van der Waals surface area (Å²) in [6.07, 6.45) is -0.0364. The molecule has 194 valence electrons. The smallest absolute Gasteiger partial charge is 0.414 e. The van der Waals surface area contributed by atoms with Gasteiger partial charge in [-0.1, -0.05) is 0 Å². The number of aliphatic hydroxyl groups excluding tert-OH is 1. The first kappa shape index (κ1) is 23.7. The number of amides is 1. The van der Waals surface area contributed by atoms with Crippen molar-refractivity contribution >= 4 is 22.8 Å². The Bertz CT molecular complexity index is 1340. The van der Waals surface area contributed by atoms with E-state index in [1.54, 1.807) is 29.2 Å². The molecule has 11 heteroatoms. The Balaban J connectivity index is 1.14. The molecule has 1 N–H and O–H groups in total. The van der Waals surface area contributed by atoms with Crippen molar-refractivity contribution in [2.75, 3.05) is 51.4 Å². The normalized spacial score (nSPS) is 22.4. The Kier molecular flexibility index (Phi) is 6.17. The molecular weight excluding hydrogens is 483 g/mol. The maximum absolute atomic E-state index is 14.8. The van der Waals surface area contributed by atoms with Crippen LogP contribution >= 0.6 is 0 Å². The van der Waals surface area contributed by atoms with Crippen LogP contribution < -0.4 is 19.1 Å². The molecular formula is C26H27FN4O6. The van der Waals surface area contributed by atoms with E-state index in [0.717, 1.165) is 12.6 Å². The van der Waals surface area contributed by atoms with E-state index in [9.17, 15) is 14.3 Å². The van der Waals surface area contributed by atoms with E-state index >= 15 is 0 Å². The number of aliphatic hydroxyl groups is 1. The van der Waals surface area contributed by atoms with Crippen LogP contribution in [0, 0.1) is 11.7 Å². The highest BCUT2D eigenvalue weighted by Crippen LogP contribution is 2.37. The number of aromatic nitrogens is 2. The third kappa shape index (κ3) is 4.49. The van der Waals surface area contributed by atoms with E-state index in [0.29, 0.717) is 61.4 Å². The second-order valence-electron chi connectivity index (χ2n) is 9.43. The number of hydrogen-bond acceptors (Lipinski definition) is 9. The predicted octanol–water partition coefficient (Wildman–Crippen LogP) is 2.93. The number of halogens is 1. The molecule has 0 aliphatic carbocycles. The summed E-state index contributed by atoms with van der Waals surface area (Å²) in [5.74, 6) is 1.09. The van der Waals surface area contributed by atoms with Crippen LogP contribution in [-0.4, -0.2) is 78.7 Å². The molecule has 1 aromatic carbocycles. The number of benzene rings is 1. The lowest BCUT2D eigenvalue weighted by Crippen LogP contribution is -2.56. The number of methoxy groups -OCH3 is 1. The third-order valence-corrected chi connectivity index (χ3v) is 7.16. The van der Waals surface area contributed by atoms with Gasteiger partial charge in [-0.15, -0.1) is 0 Å². The Hall–Kier alpha value is -3.70. The molecule has 3 aliphatic rings. The van der Waals surface area contributed by atoms with E-state index < -0.39 is 18.0 Å². The lowest BCUT2D eigenvalue weighted by molar-refractivity contribution is -0.0188. The lowest BCUT2D eigenvalue weighted by Gasteiger charge is -2.44. The molecule has 0 spiro atoms. The summed E-state index contributed by atoms with van der Waals surface area (Å²) in [6.45, 7) is 2.78. The van der Waals surface area contributed by atoms with E-state index in [1.165, 1.54) is 7.11 Å². The Morgan fingerprint density at radius 1 is 1.19 bits per heavy atom. The minimum absolute atomic E-state index is 0.0800. The molecule has 0 bridgehead atoms. The number of β-amino-alcohol motifs (C(OH)–C–C–N with tert-alkyl or cyclic N) is 1. The number of carbonyl (C=O) groups is 1. The van der Waals surface area contributed by atoms with Crippen molar-refractivity contribution in [3.63, 3.8) is 0 Å². The Morgan fingerprint density at radius 3 is 2.86 bits per heavy atom. The van der Waals surface area contributed by atoms with E-state index in [2.05, 4.69) is 9.97 Å². The molecule has 1 amide bonds. The molecule has 0 unspecified atom stereocenters. The van der Waals surface area contributed by atoms with Crippen molar-refractivity contribution in [3.8, 4) is 17.4 Å².